The van der Waals surface area contributed by atoms with Crippen LogP contribution in [0.15, 0.2) is 18.2 Å². The fourth-order valence-corrected chi connectivity index (χ4v) is 2.11. The highest BCUT2D eigenvalue weighted by Gasteiger charge is 2.32. The minimum absolute atomic E-state index is 0.166. The van der Waals surface area contributed by atoms with Crippen molar-refractivity contribution in [2.45, 2.75) is 31.5 Å². The van der Waals surface area contributed by atoms with E-state index in [-0.39, 0.29) is 6.04 Å². The maximum atomic E-state index is 13.2. The average Bonchev–Trinajstić information content (AvgIpc) is 2.28. The van der Waals surface area contributed by atoms with Gasteiger partial charge in [-0.2, -0.15) is 13.2 Å². The van der Waals surface area contributed by atoms with Crippen molar-refractivity contribution in [2.75, 3.05) is 6.54 Å². The molecule has 1 nitrogen and oxygen atoms in total. The summed E-state index contributed by atoms with van der Waals surface area (Å²) in [6, 6.07) is 2.58. The molecule has 0 spiro atoms. The molecular weight excluding hydrogens is 234 g/mol. The Morgan fingerprint density at radius 1 is 1.12 bits per heavy atom. The molecule has 1 aromatic rings. The lowest BCUT2D eigenvalue weighted by molar-refractivity contribution is -0.137. The number of alkyl halides is 3. The molecule has 0 amide bonds. The Bertz CT molecular complexity index is 394. The van der Waals surface area contributed by atoms with Crippen LogP contribution in [0.25, 0.3) is 0 Å². The van der Waals surface area contributed by atoms with E-state index in [4.69, 9.17) is 0 Å². The van der Waals surface area contributed by atoms with E-state index in [1.807, 2.05) is 0 Å². The lowest BCUT2D eigenvalue weighted by atomic mass is 9.96. The summed E-state index contributed by atoms with van der Waals surface area (Å²) in [5, 5.41) is 3.11. The third-order valence-corrected chi connectivity index (χ3v) is 2.96. The summed E-state index contributed by atoms with van der Waals surface area (Å²) in [6.45, 7) is 0.766. The molecule has 1 aromatic carbocycles. The van der Waals surface area contributed by atoms with E-state index in [1.54, 1.807) is 0 Å². The van der Waals surface area contributed by atoms with E-state index < -0.39 is 17.6 Å². The quantitative estimate of drug-likeness (QED) is 0.747. The van der Waals surface area contributed by atoms with Gasteiger partial charge in [0.2, 0.25) is 0 Å². The molecular formula is C12H13F4N. The van der Waals surface area contributed by atoms with Crippen LogP contribution in [0.4, 0.5) is 17.6 Å². The summed E-state index contributed by atoms with van der Waals surface area (Å²) in [4.78, 5) is 0. The van der Waals surface area contributed by atoms with Crippen LogP contribution in [0.5, 0.6) is 0 Å². The first kappa shape index (κ1) is 12.4. The van der Waals surface area contributed by atoms with Gasteiger partial charge in [0.05, 0.1) is 5.56 Å². The molecule has 1 N–H and O–H groups in total. The van der Waals surface area contributed by atoms with Gasteiger partial charge in [0.1, 0.15) is 5.82 Å². The predicted molar refractivity (Wildman–Crippen MR) is 56.0 cm³/mol. The summed E-state index contributed by atoms with van der Waals surface area (Å²) in [5.74, 6) is -0.831. The summed E-state index contributed by atoms with van der Waals surface area (Å²) in [5.41, 5.74) is -0.531. The molecule has 1 fully saturated rings. The first-order valence-electron chi connectivity index (χ1n) is 5.58. The topological polar surface area (TPSA) is 12.0 Å². The second kappa shape index (κ2) is 4.64. The molecule has 1 heterocycles. The average molecular weight is 247 g/mol. The molecule has 1 saturated heterocycles. The zero-order valence-electron chi connectivity index (χ0n) is 9.15. The van der Waals surface area contributed by atoms with Crippen LogP contribution >= 0.6 is 0 Å². The number of benzene rings is 1. The first-order valence-corrected chi connectivity index (χ1v) is 5.58. The van der Waals surface area contributed by atoms with Gasteiger partial charge in [-0.1, -0.05) is 6.42 Å². The Kier molecular flexibility index (Phi) is 3.38. The van der Waals surface area contributed by atoms with Gasteiger partial charge in [-0.15, -0.1) is 0 Å². The highest BCUT2D eigenvalue weighted by atomic mass is 19.4. The fraction of sp³-hybridized carbons (Fsp3) is 0.500. The monoisotopic (exact) mass is 247 g/mol. The summed E-state index contributed by atoms with van der Waals surface area (Å²) in [7, 11) is 0. The number of hydrogen-bond donors (Lipinski definition) is 1. The second-order valence-corrected chi connectivity index (χ2v) is 4.27. The van der Waals surface area contributed by atoms with E-state index in [0.717, 1.165) is 31.9 Å². The van der Waals surface area contributed by atoms with Crippen molar-refractivity contribution < 1.29 is 17.6 Å². The van der Waals surface area contributed by atoms with Gasteiger partial charge < -0.3 is 5.32 Å². The van der Waals surface area contributed by atoms with E-state index in [1.165, 1.54) is 6.07 Å². The number of rotatable bonds is 1. The van der Waals surface area contributed by atoms with Gasteiger partial charge in [-0.3, -0.25) is 0 Å². The van der Waals surface area contributed by atoms with Gasteiger partial charge in [-0.25, -0.2) is 4.39 Å². The van der Waals surface area contributed by atoms with E-state index >= 15 is 0 Å². The molecule has 0 aliphatic carbocycles. The Morgan fingerprint density at radius 2 is 1.88 bits per heavy atom. The molecule has 1 aliphatic heterocycles. The van der Waals surface area contributed by atoms with Crippen molar-refractivity contribution in [1.29, 1.82) is 0 Å². The molecule has 17 heavy (non-hydrogen) atoms. The lowest BCUT2D eigenvalue weighted by Gasteiger charge is -2.24. The lowest BCUT2D eigenvalue weighted by Crippen LogP contribution is -2.27. The molecule has 1 aliphatic rings. The van der Waals surface area contributed by atoms with Gasteiger partial charge >= 0.3 is 6.18 Å². The van der Waals surface area contributed by atoms with Crippen LogP contribution in [-0.2, 0) is 6.18 Å². The first-order chi connectivity index (χ1) is 7.97. The summed E-state index contributed by atoms with van der Waals surface area (Å²) in [6.07, 6.45) is -1.78. The molecule has 1 atom stereocenters. The van der Waals surface area contributed by atoms with Crippen molar-refractivity contribution in [3.05, 3.63) is 35.1 Å². The Labute approximate surface area is 96.8 Å². The van der Waals surface area contributed by atoms with Crippen LogP contribution in [0.1, 0.15) is 36.4 Å². The molecule has 2 rings (SSSR count). The van der Waals surface area contributed by atoms with Crippen LogP contribution < -0.4 is 5.32 Å². The normalized spacial score (nSPS) is 21.5. The van der Waals surface area contributed by atoms with Crippen LogP contribution in [0.2, 0.25) is 0 Å². The van der Waals surface area contributed by atoms with E-state index in [2.05, 4.69) is 5.32 Å². The SMILES string of the molecule is Fc1cc([C@H]2CCCCN2)cc(C(F)(F)F)c1. The number of halogens is 4. The van der Waals surface area contributed by atoms with Crippen LogP contribution in [-0.4, -0.2) is 6.54 Å². The minimum Gasteiger partial charge on any atom is -0.310 e. The maximum absolute atomic E-state index is 13.2. The molecule has 5 heteroatoms. The molecule has 94 valence electrons. The van der Waals surface area contributed by atoms with Crippen LogP contribution in [0.3, 0.4) is 0 Å². The smallest absolute Gasteiger partial charge is 0.310 e. The Morgan fingerprint density at radius 3 is 2.47 bits per heavy atom. The zero-order chi connectivity index (χ0) is 12.5. The van der Waals surface area contributed by atoms with Crippen molar-refractivity contribution in [3.63, 3.8) is 0 Å². The number of piperidine rings is 1. The molecule has 0 saturated carbocycles. The van der Waals surface area contributed by atoms with E-state index in [0.29, 0.717) is 11.6 Å². The molecule has 0 radical (unpaired) electrons. The molecule has 0 bridgehead atoms. The van der Waals surface area contributed by atoms with Crippen LogP contribution in [0, 0.1) is 5.82 Å². The molecule has 0 unspecified atom stereocenters. The fourth-order valence-electron chi connectivity index (χ4n) is 2.11. The van der Waals surface area contributed by atoms with Gasteiger partial charge in [0.25, 0.3) is 0 Å². The highest BCUT2D eigenvalue weighted by molar-refractivity contribution is 5.29. The number of hydrogen-bond acceptors (Lipinski definition) is 1. The van der Waals surface area contributed by atoms with E-state index in [9.17, 15) is 17.6 Å². The minimum atomic E-state index is -4.49. The highest BCUT2D eigenvalue weighted by Crippen LogP contribution is 2.33. The zero-order valence-corrected chi connectivity index (χ0v) is 9.15. The second-order valence-electron chi connectivity index (χ2n) is 4.27. The van der Waals surface area contributed by atoms with Gasteiger partial charge in [0, 0.05) is 6.04 Å². The maximum Gasteiger partial charge on any atom is 0.416 e. The van der Waals surface area contributed by atoms with Crippen molar-refractivity contribution >= 4 is 0 Å². The van der Waals surface area contributed by atoms with Gasteiger partial charge in [0.15, 0.2) is 0 Å². The van der Waals surface area contributed by atoms with Crippen molar-refractivity contribution in [1.82, 2.24) is 5.32 Å². The van der Waals surface area contributed by atoms with Crippen molar-refractivity contribution in [2.24, 2.45) is 0 Å². The third kappa shape index (κ3) is 2.97. The third-order valence-electron chi connectivity index (χ3n) is 2.96. The summed E-state index contributed by atoms with van der Waals surface area (Å²) < 4.78 is 50.8. The largest absolute Gasteiger partial charge is 0.416 e. The summed E-state index contributed by atoms with van der Waals surface area (Å²) >= 11 is 0. The Hall–Kier alpha value is -1.10. The predicted octanol–water partition coefficient (Wildman–Crippen LogP) is 3.66. The Balaban J connectivity index is 2.31. The van der Waals surface area contributed by atoms with Gasteiger partial charge in [-0.05, 0) is 43.1 Å². The number of nitrogens with one attached hydrogen (secondary N) is 1. The standard InChI is InChI=1S/C12H13F4N/c13-10-6-8(11-3-1-2-4-17-11)5-9(7-10)12(14,15)16/h5-7,11,17H,1-4H2/t11-/m1/s1. The molecule has 0 aromatic heterocycles. The van der Waals surface area contributed by atoms with Crippen molar-refractivity contribution in [3.8, 4) is 0 Å².